The molecule has 0 saturated carbocycles. The van der Waals surface area contributed by atoms with Gasteiger partial charge in [0.1, 0.15) is 11.7 Å². The zero-order valence-electron chi connectivity index (χ0n) is 11.7. The minimum atomic E-state index is -0.951. The fourth-order valence-corrected chi connectivity index (χ4v) is 3.19. The van der Waals surface area contributed by atoms with Gasteiger partial charge < -0.3 is 29.6 Å². The van der Waals surface area contributed by atoms with E-state index in [4.69, 9.17) is 21.2 Å². The molecular weight excluding hydrogens is 262 g/mol. The molecule has 2 heterocycles. The molecule has 2 rings (SSSR count). The highest BCUT2D eigenvalue weighted by Crippen LogP contribution is 2.43. The smallest absolute Gasteiger partial charge is 0.223 e. The van der Waals surface area contributed by atoms with Crippen LogP contribution in [0.5, 0.6) is 0 Å². The lowest BCUT2D eigenvalue weighted by Crippen LogP contribution is -2.51. The number of hydrogen-bond donors (Lipinski definition) is 3. The number of nitrogens with zero attached hydrogens (tertiary/aromatic N) is 1. The van der Waals surface area contributed by atoms with E-state index in [0.29, 0.717) is 12.8 Å². The molecule has 2 aliphatic rings. The molecule has 6 atom stereocenters. The highest BCUT2D eigenvalue weighted by atomic mass is 16.6. The average molecular weight is 285 g/mol. The maximum Gasteiger partial charge on any atom is 0.223 e. The van der Waals surface area contributed by atoms with Crippen LogP contribution in [0.1, 0.15) is 32.6 Å². The van der Waals surface area contributed by atoms with Crippen molar-refractivity contribution in [2.45, 2.75) is 68.7 Å². The number of hydrogen-bond acceptors (Lipinski definition) is 5. The first-order valence-corrected chi connectivity index (χ1v) is 7.14. The molecule has 6 heteroatoms. The fourth-order valence-electron chi connectivity index (χ4n) is 3.19. The summed E-state index contributed by atoms with van der Waals surface area (Å²) in [4.78, 5) is 3.48. The van der Waals surface area contributed by atoms with Crippen molar-refractivity contribution in [1.82, 2.24) is 0 Å². The van der Waals surface area contributed by atoms with Gasteiger partial charge in [0.2, 0.25) is 6.04 Å². The van der Waals surface area contributed by atoms with Crippen molar-refractivity contribution in [2.24, 2.45) is 0 Å². The second kappa shape index (κ2) is 6.37. The average Bonchev–Trinajstić information content (AvgIpc) is 2.85. The van der Waals surface area contributed by atoms with Crippen molar-refractivity contribution in [1.29, 1.82) is 0 Å². The monoisotopic (exact) mass is 285 g/mol. The van der Waals surface area contributed by atoms with Crippen LogP contribution in [-0.2, 0) is 9.47 Å². The number of rotatable bonds is 5. The van der Waals surface area contributed by atoms with Crippen LogP contribution in [0.25, 0.3) is 4.85 Å². The molecule has 0 aromatic carbocycles. The third-order valence-corrected chi connectivity index (χ3v) is 4.33. The minimum Gasteiger partial charge on any atom is -0.394 e. The van der Waals surface area contributed by atoms with E-state index in [2.05, 4.69) is 4.85 Å². The first-order chi connectivity index (χ1) is 9.54. The summed E-state index contributed by atoms with van der Waals surface area (Å²) in [6, 6.07) is -0.103. The Morgan fingerprint density at radius 2 is 2.15 bits per heavy atom. The molecule has 114 valence electrons. The van der Waals surface area contributed by atoms with E-state index in [9.17, 15) is 10.2 Å². The largest absolute Gasteiger partial charge is 0.394 e. The third-order valence-electron chi connectivity index (χ3n) is 4.33. The summed E-state index contributed by atoms with van der Waals surface area (Å²) in [7, 11) is 0. The lowest BCUT2D eigenvalue weighted by atomic mass is 9.85. The Bertz CT molecular complexity index is 371. The molecule has 0 spiro atoms. The predicted octanol–water partition coefficient (Wildman–Crippen LogP) is 0.105. The van der Waals surface area contributed by atoms with Gasteiger partial charge in [-0.05, 0) is 12.8 Å². The van der Waals surface area contributed by atoms with Crippen molar-refractivity contribution in [2.75, 3.05) is 13.2 Å². The molecular formula is C14H23NO5. The van der Waals surface area contributed by atoms with Gasteiger partial charge in [-0.15, -0.1) is 0 Å². The minimum absolute atomic E-state index is 0.0591. The molecule has 2 fully saturated rings. The molecule has 0 aliphatic carbocycles. The summed E-state index contributed by atoms with van der Waals surface area (Å²) in [5.41, 5.74) is -0.800. The van der Waals surface area contributed by atoms with Crippen LogP contribution in [-0.4, -0.2) is 64.6 Å². The lowest BCUT2D eigenvalue weighted by Gasteiger charge is -2.40. The standard InChI is InChI=1S/C14H23NO5/c1-9(15-2)5-10-3-4-13-14(8-17,20-10)6-12(19-13)11(18)7-16/h9-13,16-18H,3-8H2,1H3/t9-,10-,11-,12-,13+,14-/m1/s1. The van der Waals surface area contributed by atoms with E-state index in [-0.39, 0.29) is 31.5 Å². The van der Waals surface area contributed by atoms with Gasteiger partial charge in [0, 0.05) is 19.8 Å². The van der Waals surface area contributed by atoms with Crippen LogP contribution >= 0.6 is 0 Å². The molecule has 0 unspecified atom stereocenters. The Morgan fingerprint density at radius 3 is 2.75 bits per heavy atom. The van der Waals surface area contributed by atoms with Gasteiger partial charge in [-0.1, -0.05) is 0 Å². The molecule has 6 nitrogen and oxygen atoms in total. The van der Waals surface area contributed by atoms with Crippen LogP contribution in [0.3, 0.4) is 0 Å². The van der Waals surface area contributed by atoms with E-state index in [0.717, 1.165) is 12.8 Å². The molecule has 3 N–H and O–H groups in total. The van der Waals surface area contributed by atoms with E-state index in [1.54, 1.807) is 0 Å². The highest BCUT2D eigenvalue weighted by molar-refractivity contribution is 5.03. The van der Waals surface area contributed by atoms with Crippen molar-refractivity contribution >= 4 is 0 Å². The van der Waals surface area contributed by atoms with Crippen molar-refractivity contribution < 1.29 is 24.8 Å². The van der Waals surface area contributed by atoms with Crippen LogP contribution in [0.15, 0.2) is 0 Å². The Morgan fingerprint density at radius 1 is 1.40 bits per heavy atom. The van der Waals surface area contributed by atoms with E-state index < -0.39 is 17.8 Å². The quantitative estimate of drug-likeness (QED) is 0.624. The molecule has 0 aromatic heterocycles. The van der Waals surface area contributed by atoms with Gasteiger partial charge in [0.05, 0.1) is 31.5 Å². The number of aliphatic hydroxyl groups is 3. The molecule has 20 heavy (non-hydrogen) atoms. The van der Waals surface area contributed by atoms with Gasteiger partial charge in [-0.2, -0.15) is 0 Å². The van der Waals surface area contributed by atoms with E-state index >= 15 is 0 Å². The lowest BCUT2D eigenvalue weighted by molar-refractivity contribution is -0.185. The molecule has 0 aromatic rings. The predicted molar refractivity (Wildman–Crippen MR) is 71.0 cm³/mol. The van der Waals surface area contributed by atoms with Gasteiger partial charge in [0.15, 0.2) is 0 Å². The first kappa shape index (κ1) is 15.7. The zero-order chi connectivity index (χ0) is 14.8. The number of aliphatic hydroxyl groups excluding tert-OH is 3. The first-order valence-electron chi connectivity index (χ1n) is 7.14. The van der Waals surface area contributed by atoms with Crippen LogP contribution in [0, 0.1) is 6.57 Å². The summed E-state index contributed by atoms with van der Waals surface area (Å²) in [5, 5.41) is 28.5. The summed E-state index contributed by atoms with van der Waals surface area (Å²) in [5.74, 6) is 0. The van der Waals surface area contributed by atoms with Gasteiger partial charge in [-0.3, -0.25) is 0 Å². The third kappa shape index (κ3) is 2.97. The second-order valence-corrected chi connectivity index (χ2v) is 5.87. The van der Waals surface area contributed by atoms with Crippen LogP contribution < -0.4 is 0 Å². The van der Waals surface area contributed by atoms with E-state index in [1.165, 1.54) is 0 Å². The maximum absolute atomic E-state index is 9.72. The number of ether oxygens (including phenoxy) is 2. The van der Waals surface area contributed by atoms with Crippen molar-refractivity contribution in [3.63, 3.8) is 0 Å². The molecule has 0 amide bonds. The zero-order valence-corrected chi connectivity index (χ0v) is 11.7. The topological polar surface area (TPSA) is 83.5 Å². The number of fused-ring (bicyclic) bond motifs is 1. The van der Waals surface area contributed by atoms with Gasteiger partial charge >= 0.3 is 0 Å². The Kier molecular flexibility index (Phi) is 4.99. The summed E-state index contributed by atoms with van der Waals surface area (Å²) < 4.78 is 11.8. The molecule has 2 saturated heterocycles. The van der Waals surface area contributed by atoms with Crippen molar-refractivity contribution in [3.8, 4) is 0 Å². The molecule has 0 radical (unpaired) electrons. The fraction of sp³-hybridized carbons (Fsp3) is 0.929. The summed E-state index contributed by atoms with van der Waals surface area (Å²) in [6.07, 6.45) is 0.778. The Labute approximate surface area is 119 Å². The van der Waals surface area contributed by atoms with Crippen molar-refractivity contribution in [3.05, 3.63) is 11.4 Å². The van der Waals surface area contributed by atoms with Gasteiger partial charge in [-0.25, -0.2) is 6.57 Å². The second-order valence-electron chi connectivity index (χ2n) is 5.87. The molecule has 2 aliphatic heterocycles. The normalized spacial score (nSPS) is 39.9. The Balaban J connectivity index is 2.04. The van der Waals surface area contributed by atoms with Crippen LogP contribution in [0.2, 0.25) is 0 Å². The maximum atomic E-state index is 9.72. The molecule has 0 bridgehead atoms. The summed E-state index contributed by atoms with van der Waals surface area (Å²) >= 11 is 0. The van der Waals surface area contributed by atoms with E-state index in [1.807, 2.05) is 6.92 Å². The van der Waals surface area contributed by atoms with Gasteiger partial charge in [0.25, 0.3) is 0 Å². The highest BCUT2D eigenvalue weighted by Gasteiger charge is 2.54. The Hall–Kier alpha value is -0.710. The summed E-state index contributed by atoms with van der Waals surface area (Å²) in [6.45, 7) is 8.34. The SMILES string of the molecule is [C-]#[N+][C@H](C)C[C@H]1CC[C@@H]2O[C@@H]([C@H](O)CO)C[C@]2(CO)O1. The van der Waals surface area contributed by atoms with Crippen LogP contribution in [0.4, 0.5) is 0 Å².